The summed E-state index contributed by atoms with van der Waals surface area (Å²) in [5.41, 5.74) is 0.881. The molecule has 1 aliphatic rings. The van der Waals surface area contributed by atoms with Gasteiger partial charge in [-0.25, -0.2) is 8.78 Å². The number of carbonyl (C=O) groups is 1. The van der Waals surface area contributed by atoms with E-state index in [0.29, 0.717) is 32.6 Å². The maximum Gasteiger partial charge on any atom is 0.258 e. The largest absolute Gasteiger partial charge is 0.343 e. The number of nitrogens with zero attached hydrogens (tertiary/aromatic N) is 4. The van der Waals surface area contributed by atoms with E-state index in [1.165, 1.54) is 41.7 Å². The Labute approximate surface area is 175 Å². The van der Waals surface area contributed by atoms with Crippen molar-refractivity contribution in [1.29, 1.82) is 0 Å². The molecule has 5 nitrogen and oxygen atoms in total. The van der Waals surface area contributed by atoms with Crippen LogP contribution in [0.4, 0.5) is 13.9 Å². The van der Waals surface area contributed by atoms with Gasteiger partial charge in [-0.2, -0.15) is 0 Å². The summed E-state index contributed by atoms with van der Waals surface area (Å²) in [7, 11) is 0. The second kappa shape index (κ2) is 8.42. The van der Waals surface area contributed by atoms with Crippen LogP contribution in [-0.2, 0) is 6.42 Å². The zero-order valence-electron chi connectivity index (χ0n) is 15.3. The molecule has 1 saturated heterocycles. The molecule has 29 heavy (non-hydrogen) atoms. The van der Waals surface area contributed by atoms with E-state index in [2.05, 4.69) is 15.1 Å². The lowest BCUT2D eigenvalue weighted by Gasteiger charge is -2.34. The molecule has 1 aromatic heterocycles. The fourth-order valence-corrected chi connectivity index (χ4v) is 4.35. The number of carbonyl (C=O) groups excluding carboxylic acids is 1. The lowest BCUT2D eigenvalue weighted by atomic mass is 10.1. The molecule has 4 rings (SSSR count). The van der Waals surface area contributed by atoms with E-state index < -0.39 is 11.7 Å². The van der Waals surface area contributed by atoms with Crippen LogP contribution in [-0.4, -0.2) is 47.2 Å². The van der Waals surface area contributed by atoms with Crippen molar-refractivity contribution in [3.05, 3.63) is 75.3 Å². The number of anilines is 1. The van der Waals surface area contributed by atoms with E-state index >= 15 is 0 Å². The second-order valence-corrected chi connectivity index (χ2v) is 8.11. The van der Waals surface area contributed by atoms with E-state index in [1.54, 1.807) is 17.0 Å². The predicted molar refractivity (Wildman–Crippen MR) is 109 cm³/mol. The highest BCUT2D eigenvalue weighted by atomic mass is 35.5. The Balaban J connectivity index is 1.38. The van der Waals surface area contributed by atoms with Gasteiger partial charge in [-0.15, -0.1) is 10.2 Å². The van der Waals surface area contributed by atoms with Crippen molar-refractivity contribution in [2.24, 2.45) is 0 Å². The Morgan fingerprint density at radius 2 is 1.76 bits per heavy atom. The Morgan fingerprint density at radius 1 is 1.03 bits per heavy atom. The van der Waals surface area contributed by atoms with Crippen molar-refractivity contribution in [3.8, 4) is 0 Å². The molecule has 0 radical (unpaired) electrons. The van der Waals surface area contributed by atoms with Crippen LogP contribution in [0.5, 0.6) is 0 Å². The molecule has 0 saturated carbocycles. The summed E-state index contributed by atoms with van der Waals surface area (Å²) in [6, 6.07) is 10.5. The van der Waals surface area contributed by atoms with Gasteiger partial charge in [0, 0.05) is 32.6 Å². The molecule has 0 atom stereocenters. The van der Waals surface area contributed by atoms with Crippen LogP contribution >= 0.6 is 22.9 Å². The minimum Gasteiger partial charge on any atom is -0.343 e. The molecule has 2 heterocycles. The Hall–Kier alpha value is -2.58. The van der Waals surface area contributed by atoms with E-state index in [0.717, 1.165) is 15.7 Å². The van der Waals surface area contributed by atoms with Crippen molar-refractivity contribution in [2.45, 2.75) is 6.42 Å². The molecular weight excluding hydrogens is 418 g/mol. The number of rotatable bonds is 4. The molecule has 0 bridgehead atoms. The van der Waals surface area contributed by atoms with Crippen LogP contribution in [0.1, 0.15) is 20.9 Å². The van der Waals surface area contributed by atoms with Crippen LogP contribution in [0, 0.1) is 11.6 Å². The Morgan fingerprint density at radius 3 is 2.45 bits per heavy atom. The van der Waals surface area contributed by atoms with Gasteiger partial charge in [0.2, 0.25) is 5.13 Å². The molecule has 0 aliphatic carbocycles. The van der Waals surface area contributed by atoms with Crippen molar-refractivity contribution >= 4 is 34.0 Å². The first-order valence-corrected chi connectivity index (χ1v) is 10.3. The molecule has 2 aromatic carbocycles. The number of hydrogen-bond donors (Lipinski definition) is 0. The molecule has 0 unspecified atom stereocenters. The van der Waals surface area contributed by atoms with Crippen LogP contribution in [0.25, 0.3) is 0 Å². The van der Waals surface area contributed by atoms with Crippen LogP contribution in [0.2, 0.25) is 5.02 Å². The minimum atomic E-state index is -0.612. The smallest absolute Gasteiger partial charge is 0.258 e. The number of piperazine rings is 1. The van der Waals surface area contributed by atoms with E-state index in [-0.39, 0.29) is 16.4 Å². The lowest BCUT2D eigenvalue weighted by Crippen LogP contribution is -2.49. The highest BCUT2D eigenvalue weighted by Gasteiger charge is 2.27. The van der Waals surface area contributed by atoms with Crippen molar-refractivity contribution < 1.29 is 13.6 Å². The standard InChI is InChI=1S/C20H17ClF2N4OS/c21-15-2-1-3-16(23)18(15)19(28)26-8-10-27(11-9-26)20-25-24-17(29-20)12-13-4-6-14(22)7-5-13/h1-7H,8-12H2. The van der Waals surface area contributed by atoms with Gasteiger partial charge in [0.1, 0.15) is 16.6 Å². The predicted octanol–water partition coefficient (Wildman–Crippen LogP) is 4.02. The number of benzene rings is 2. The fourth-order valence-electron chi connectivity index (χ4n) is 3.18. The van der Waals surface area contributed by atoms with E-state index in [1.807, 2.05) is 0 Å². The molecule has 0 N–H and O–H groups in total. The van der Waals surface area contributed by atoms with Gasteiger partial charge in [0.05, 0.1) is 10.6 Å². The first-order valence-electron chi connectivity index (χ1n) is 9.06. The summed E-state index contributed by atoms with van der Waals surface area (Å²) in [4.78, 5) is 16.3. The summed E-state index contributed by atoms with van der Waals surface area (Å²) in [5, 5.41) is 10.2. The van der Waals surface area contributed by atoms with E-state index in [9.17, 15) is 13.6 Å². The zero-order chi connectivity index (χ0) is 20.4. The number of aromatic nitrogens is 2. The molecular formula is C20H17ClF2N4OS. The summed E-state index contributed by atoms with van der Waals surface area (Å²) < 4.78 is 27.0. The maximum atomic E-state index is 14.0. The summed E-state index contributed by atoms with van der Waals surface area (Å²) in [6.45, 7) is 2.03. The first kappa shape index (κ1) is 19.7. The molecule has 1 aliphatic heterocycles. The summed E-state index contributed by atoms with van der Waals surface area (Å²) in [5.74, 6) is -1.28. The SMILES string of the molecule is O=C(c1c(F)cccc1Cl)N1CCN(c2nnc(Cc3ccc(F)cc3)s2)CC1. The molecule has 1 fully saturated rings. The zero-order valence-corrected chi connectivity index (χ0v) is 16.9. The molecule has 0 spiro atoms. The highest BCUT2D eigenvalue weighted by molar-refractivity contribution is 7.15. The van der Waals surface area contributed by atoms with E-state index in [4.69, 9.17) is 11.6 Å². The third-order valence-corrected chi connectivity index (χ3v) is 6.04. The van der Waals surface area contributed by atoms with Crippen molar-refractivity contribution in [2.75, 3.05) is 31.1 Å². The maximum absolute atomic E-state index is 14.0. The van der Waals surface area contributed by atoms with Crippen LogP contribution in [0.15, 0.2) is 42.5 Å². The normalized spacial score (nSPS) is 14.3. The number of halogens is 3. The molecule has 9 heteroatoms. The average Bonchev–Trinajstić information content (AvgIpc) is 3.18. The third kappa shape index (κ3) is 4.38. The highest BCUT2D eigenvalue weighted by Crippen LogP contribution is 2.25. The van der Waals surface area contributed by atoms with Crippen molar-refractivity contribution in [1.82, 2.24) is 15.1 Å². The molecule has 3 aromatic rings. The first-order chi connectivity index (χ1) is 14.0. The summed E-state index contributed by atoms with van der Waals surface area (Å²) in [6.07, 6.45) is 0.585. The molecule has 1 amide bonds. The van der Waals surface area contributed by atoms with Gasteiger partial charge < -0.3 is 9.80 Å². The monoisotopic (exact) mass is 434 g/mol. The van der Waals surface area contributed by atoms with Crippen molar-refractivity contribution in [3.63, 3.8) is 0 Å². The Bertz CT molecular complexity index is 999. The molecule has 150 valence electrons. The van der Waals surface area contributed by atoms with Gasteiger partial charge in [-0.05, 0) is 29.8 Å². The lowest BCUT2D eigenvalue weighted by molar-refractivity contribution is 0.0742. The topological polar surface area (TPSA) is 49.3 Å². The minimum absolute atomic E-state index is 0.0832. The van der Waals surface area contributed by atoms with Crippen LogP contribution in [0.3, 0.4) is 0 Å². The van der Waals surface area contributed by atoms with Gasteiger partial charge in [0.25, 0.3) is 5.91 Å². The second-order valence-electron chi connectivity index (χ2n) is 6.66. The Kier molecular flexibility index (Phi) is 5.73. The number of hydrogen-bond acceptors (Lipinski definition) is 5. The van der Waals surface area contributed by atoms with Crippen LogP contribution < -0.4 is 4.90 Å². The average molecular weight is 435 g/mol. The van der Waals surface area contributed by atoms with Gasteiger partial charge in [0.15, 0.2) is 0 Å². The quantitative estimate of drug-likeness (QED) is 0.622. The van der Waals surface area contributed by atoms with Gasteiger partial charge in [-0.3, -0.25) is 4.79 Å². The fraction of sp³-hybridized carbons (Fsp3) is 0.250. The number of amides is 1. The van der Waals surface area contributed by atoms with Gasteiger partial charge >= 0.3 is 0 Å². The third-order valence-electron chi connectivity index (χ3n) is 4.74. The summed E-state index contributed by atoms with van der Waals surface area (Å²) >= 11 is 7.49. The van der Waals surface area contributed by atoms with Gasteiger partial charge in [-0.1, -0.05) is 41.1 Å².